The second-order valence-electron chi connectivity index (χ2n) is 9.48. The van der Waals surface area contributed by atoms with Crippen LogP contribution in [0.2, 0.25) is 0 Å². The van der Waals surface area contributed by atoms with Crippen molar-refractivity contribution in [1.82, 2.24) is 10.2 Å². The summed E-state index contributed by atoms with van der Waals surface area (Å²) < 4.78 is 4.99. The van der Waals surface area contributed by atoms with E-state index in [0.29, 0.717) is 12.1 Å². The van der Waals surface area contributed by atoms with Gasteiger partial charge in [0.2, 0.25) is 0 Å². The number of rotatable bonds is 5. The van der Waals surface area contributed by atoms with Crippen molar-refractivity contribution in [3.63, 3.8) is 0 Å². The molecule has 1 spiro atoms. The van der Waals surface area contributed by atoms with Gasteiger partial charge in [-0.25, -0.2) is 4.79 Å². The SMILES string of the molecule is C[C@@H]1CCCC[C@]12NC(=O)N(CC(=O)OCC(=O)Nc1ccc(C(C)(C)C)cc1)C2=O. The molecule has 0 unspecified atom stereocenters. The highest BCUT2D eigenvalue weighted by molar-refractivity contribution is 6.09. The summed E-state index contributed by atoms with van der Waals surface area (Å²) in [6.45, 7) is 7.24. The van der Waals surface area contributed by atoms with E-state index >= 15 is 0 Å². The van der Waals surface area contributed by atoms with Gasteiger partial charge in [-0.1, -0.05) is 52.7 Å². The topological polar surface area (TPSA) is 105 Å². The van der Waals surface area contributed by atoms with Crippen molar-refractivity contribution in [2.24, 2.45) is 5.92 Å². The molecule has 0 radical (unpaired) electrons. The molecule has 2 N–H and O–H groups in total. The first-order valence-electron chi connectivity index (χ1n) is 10.7. The van der Waals surface area contributed by atoms with Gasteiger partial charge in [-0.15, -0.1) is 0 Å². The summed E-state index contributed by atoms with van der Waals surface area (Å²) in [6, 6.07) is 6.86. The van der Waals surface area contributed by atoms with Gasteiger partial charge >= 0.3 is 12.0 Å². The van der Waals surface area contributed by atoms with Gasteiger partial charge in [0.1, 0.15) is 12.1 Å². The summed E-state index contributed by atoms with van der Waals surface area (Å²) in [5.74, 6) is -1.67. The van der Waals surface area contributed by atoms with Gasteiger partial charge in [-0.2, -0.15) is 0 Å². The fourth-order valence-corrected chi connectivity index (χ4v) is 4.21. The summed E-state index contributed by atoms with van der Waals surface area (Å²) in [4.78, 5) is 50.4. The van der Waals surface area contributed by atoms with Crippen molar-refractivity contribution in [1.29, 1.82) is 0 Å². The third-order valence-corrected chi connectivity index (χ3v) is 6.19. The average molecular weight is 430 g/mol. The van der Waals surface area contributed by atoms with Gasteiger partial charge in [-0.05, 0) is 41.9 Å². The highest BCUT2D eigenvalue weighted by atomic mass is 16.5. The Labute approximate surface area is 182 Å². The number of ether oxygens (including phenoxy) is 1. The predicted octanol–water partition coefficient (Wildman–Crippen LogP) is 2.97. The van der Waals surface area contributed by atoms with E-state index in [4.69, 9.17) is 4.74 Å². The molecule has 1 heterocycles. The minimum Gasteiger partial charge on any atom is -0.454 e. The molecule has 1 saturated carbocycles. The van der Waals surface area contributed by atoms with Gasteiger partial charge < -0.3 is 15.4 Å². The number of hydrogen-bond acceptors (Lipinski definition) is 5. The first-order valence-corrected chi connectivity index (χ1v) is 10.7. The van der Waals surface area contributed by atoms with Crippen LogP contribution >= 0.6 is 0 Å². The minimum atomic E-state index is -0.924. The maximum absolute atomic E-state index is 12.9. The molecule has 0 bridgehead atoms. The lowest BCUT2D eigenvalue weighted by molar-refractivity contribution is -0.150. The van der Waals surface area contributed by atoms with E-state index in [1.807, 2.05) is 19.1 Å². The van der Waals surface area contributed by atoms with Crippen LogP contribution in [0.25, 0.3) is 0 Å². The maximum Gasteiger partial charge on any atom is 0.326 e. The Morgan fingerprint density at radius 2 is 1.87 bits per heavy atom. The number of carbonyl (C=O) groups excluding carboxylic acids is 4. The third kappa shape index (κ3) is 4.89. The second-order valence-corrected chi connectivity index (χ2v) is 9.48. The standard InChI is InChI=1S/C23H31N3O5/c1-15-7-5-6-12-23(15)20(29)26(21(30)25-23)13-19(28)31-14-18(27)24-17-10-8-16(9-11-17)22(2,3)4/h8-11,15H,5-7,12-14H2,1-4H3,(H,24,27)(H,25,30)/t15-,23+/m1/s1. The molecule has 31 heavy (non-hydrogen) atoms. The average Bonchev–Trinajstić information content (AvgIpc) is 2.93. The van der Waals surface area contributed by atoms with Crippen LogP contribution in [-0.4, -0.2) is 47.4 Å². The van der Waals surface area contributed by atoms with Crippen LogP contribution in [0.15, 0.2) is 24.3 Å². The largest absolute Gasteiger partial charge is 0.454 e. The number of carbonyl (C=O) groups is 4. The van der Waals surface area contributed by atoms with Crippen molar-refractivity contribution < 1.29 is 23.9 Å². The molecule has 1 aromatic rings. The van der Waals surface area contributed by atoms with Crippen LogP contribution in [0.5, 0.6) is 0 Å². The van der Waals surface area contributed by atoms with Gasteiger partial charge in [-0.3, -0.25) is 19.3 Å². The normalized spacial score (nSPS) is 23.6. The summed E-state index contributed by atoms with van der Waals surface area (Å²) >= 11 is 0. The fraction of sp³-hybridized carbons (Fsp3) is 0.565. The number of urea groups is 1. The number of anilines is 1. The first-order chi connectivity index (χ1) is 14.5. The molecule has 0 aromatic heterocycles. The van der Waals surface area contributed by atoms with E-state index in [1.54, 1.807) is 12.1 Å². The minimum absolute atomic E-state index is 0.00532. The molecular formula is C23H31N3O5. The molecule has 1 aromatic carbocycles. The van der Waals surface area contributed by atoms with Gasteiger partial charge in [0.15, 0.2) is 6.61 Å². The molecule has 2 aliphatic rings. The van der Waals surface area contributed by atoms with Gasteiger partial charge in [0.25, 0.3) is 11.8 Å². The molecule has 1 aliphatic carbocycles. The van der Waals surface area contributed by atoms with E-state index in [9.17, 15) is 19.2 Å². The fourth-order valence-electron chi connectivity index (χ4n) is 4.21. The number of nitrogens with one attached hydrogen (secondary N) is 2. The van der Waals surface area contributed by atoms with E-state index in [2.05, 4.69) is 31.4 Å². The summed E-state index contributed by atoms with van der Waals surface area (Å²) in [7, 11) is 0. The Morgan fingerprint density at radius 1 is 1.19 bits per heavy atom. The van der Waals surface area contributed by atoms with Crippen LogP contribution in [0, 0.1) is 5.92 Å². The molecule has 1 saturated heterocycles. The molecule has 4 amide bonds. The molecule has 3 rings (SSSR count). The van der Waals surface area contributed by atoms with Crippen molar-refractivity contribution >= 4 is 29.5 Å². The second kappa shape index (κ2) is 8.69. The molecule has 1 aliphatic heterocycles. The highest BCUT2D eigenvalue weighted by Crippen LogP contribution is 2.38. The summed E-state index contributed by atoms with van der Waals surface area (Å²) in [5.41, 5.74) is 0.810. The number of imide groups is 1. The quantitative estimate of drug-likeness (QED) is 0.553. The predicted molar refractivity (Wildman–Crippen MR) is 115 cm³/mol. The Hall–Kier alpha value is -2.90. The van der Waals surface area contributed by atoms with Gasteiger partial charge in [0, 0.05) is 5.69 Å². The third-order valence-electron chi connectivity index (χ3n) is 6.19. The van der Waals surface area contributed by atoms with Crippen molar-refractivity contribution in [3.05, 3.63) is 29.8 Å². The highest BCUT2D eigenvalue weighted by Gasteiger charge is 2.55. The molecule has 8 heteroatoms. The van der Waals surface area contributed by atoms with Crippen molar-refractivity contribution in [2.45, 2.75) is 64.3 Å². The summed E-state index contributed by atoms with van der Waals surface area (Å²) in [6.07, 6.45) is 3.29. The number of hydrogen-bond donors (Lipinski definition) is 2. The Kier molecular flexibility index (Phi) is 6.38. The van der Waals surface area contributed by atoms with Crippen LogP contribution in [0.3, 0.4) is 0 Å². The van der Waals surface area contributed by atoms with Crippen LogP contribution in [0.1, 0.15) is 58.9 Å². The molecular weight excluding hydrogens is 398 g/mol. The molecule has 8 nitrogen and oxygen atoms in total. The maximum atomic E-state index is 12.9. The number of nitrogens with zero attached hydrogens (tertiary/aromatic N) is 1. The number of benzene rings is 1. The van der Waals surface area contributed by atoms with Gasteiger partial charge in [0.05, 0.1) is 0 Å². The number of amides is 4. The van der Waals surface area contributed by atoms with Crippen LogP contribution in [0.4, 0.5) is 10.5 Å². The summed E-state index contributed by atoms with van der Waals surface area (Å²) in [5, 5.41) is 5.45. The first kappa shape index (κ1) is 22.8. The lowest BCUT2D eigenvalue weighted by Gasteiger charge is -2.36. The zero-order chi connectivity index (χ0) is 22.8. The van der Waals surface area contributed by atoms with Crippen molar-refractivity contribution in [2.75, 3.05) is 18.5 Å². The molecule has 2 fully saturated rings. The van der Waals surface area contributed by atoms with E-state index in [1.165, 1.54) is 0 Å². The monoisotopic (exact) mass is 429 g/mol. The zero-order valence-corrected chi connectivity index (χ0v) is 18.6. The lowest BCUT2D eigenvalue weighted by Crippen LogP contribution is -2.54. The molecule has 2 atom stereocenters. The number of esters is 1. The van der Waals surface area contributed by atoms with E-state index < -0.39 is 36.6 Å². The van der Waals surface area contributed by atoms with E-state index in [0.717, 1.165) is 29.7 Å². The van der Waals surface area contributed by atoms with Crippen molar-refractivity contribution in [3.8, 4) is 0 Å². The Balaban J connectivity index is 1.50. The van der Waals surface area contributed by atoms with Crippen LogP contribution in [-0.2, 0) is 24.5 Å². The van der Waals surface area contributed by atoms with E-state index in [-0.39, 0.29) is 17.2 Å². The van der Waals surface area contributed by atoms with Crippen LogP contribution < -0.4 is 10.6 Å². The smallest absolute Gasteiger partial charge is 0.326 e. The Morgan fingerprint density at radius 3 is 2.48 bits per heavy atom. The lowest BCUT2D eigenvalue weighted by atomic mass is 9.73. The molecule has 168 valence electrons. The Bertz CT molecular complexity index is 874. The zero-order valence-electron chi connectivity index (χ0n) is 18.6.